The molecule has 0 saturated carbocycles. The Hall–Kier alpha value is -0.480. The zero-order valence-electron chi connectivity index (χ0n) is 17.1. The number of carbonyl (C=O) groups is 1. The van der Waals surface area contributed by atoms with Gasteiger partial charge >= 0.3 is 0 Å². The van der Waals surface area contributed by atoms with Crippen LogP contribution in [0.4, 0.5) is 0 Å². The fraction of sp³-hybridized carbons (Fsp3) is 0.857. The molecule has 5 nitrogen and oxygen atoms in total. The van der Waals surface area contributed by atoms with Crippen LogP contribution in [0.1, 0.15) is 96.8 Å². The van der Waals surface area contributed by atoms with Crippen LogP contribution in [0.2, 0.25) is 0 Å². The molecule has 27 heavy (non-hydrogen) atoms. The molecule has 3 unspecified atom stereocenters. The predicted octanol–water partition coefficient (Wildman–Crippen LogP) is 4.78. The summed E-state index contributed by atoms with van der Waals surface area (Å²) in [6.07, 6.45) is 18.4. The average molecular weight is 405 g/mol. The summed E-state index contributed by atoms with van der Waals surface area (Å²) in [6.45, 7) is 1.54. The maximum absolute atomic E-state index is 11.7. The third-order valence-corrected chi connectivity index (χ3v) is 6.48. The van der Waals surface area contributed by atoms with E-state index in [1.165, 1.54) is 44.9 Å². The first-order valence-electron chi connectivity index (χ1n) is 10.7. The Kier molecular flexibility index (Phi) is 18.5. The van der Waals surface area contributed by atoms with Gasteiger partial charge in [0.15, 0.2) is 13.3 Å². The van der Waals surface area contributed by atoms with Crippen LogP contribution in [0.5, 0.6) is 0 Å². The zero-order valence-corrected chi connectivity index (χ0v) is 18.1. The minimum absolute atomic E-state index is 0.172. The third-order valence-electron chi connectivity index (χ3n) is 4.76. The van der Waals surface area contributed by atoms with E-state index in [4.69, 9.17) is 5.11 Å². The fourth-order valence-electron chi connectivity index (χ4n) is 2.92. The maximum Gasteiger partial charge on any atom is 0.191 e. The topological polar surface area (TPSA) is 94.8 Å². The number of allylic oxidation sites excluding steroid dienone is 2. The van der Waals surface area contributed by atoms with E-state index in [1.54, 1.807) is 0 Å². The van der Waals surface area contributed by atoms with Crippen molar-refractivity contribution in [3.05, 3.63) is 12.2 Å². The van der Waals surface area contributed by atoms with E-state index < -0.39 is 31.9 Å². The summed E-state index contributed by atoms with van der Waals surface area (Å²) < 4.78 is 11.7. The van der Waals surface area contributed by atoms with Crippen molar-refractivity contribution in [2.75, 3.05) is 6.61 Å². The molecule has 0 amide bonds. The number of carbonyl (C=O) groups excluding carboxylic acids is 1. The van der Waals surface area contributed by atoms with Crippen LogP contribution in [0.3, 0.4) is 0 Å². The van der Waals surface area contributed by atoms with Crippen LogP contribution in [-0.4, -0.2) is 39.4 Å². The van der Waals surface area contributed by atoms with Gasteiger partial charge in [-0.05, 0) is 32.1 Å². The number of unbranched alkanes of at least 4 members (excludes halogenated alkanes) is 11. The molecule has 0 rings (SSSR count). The van der Waals surface area contributed by atoms with Crippen molar-refractivity contribution in [1.82, 2.24) is 0 Å². The molecule has 0 aromatic rings. The maximum atomic E-state index is 11.7. The van der Waals surface area contributed by atoms with Crippen molar-refractivity contribution in [3.63, 3.8) is 0 Å². The van der Waals surface area contributed by atoms with Gasteiger partial charge in [-0.1, -0.05) is 70.4 Å². The average Bonchev–Trinajstić information content (AvgIpc) is 2.68. The Morgan fingerprint density at radius 1 is 0.852 bits per heavy atom. The van der Waals surface area contributed by atoms with E-state index in [-0.39, 0.29) is 6.42 Å². The molecule has 0 radical (unpaired) electrons. The lowest BCUT2D eigenvalue weighted by Crippen LogP contribution is -2.27. The lowest BCUT2D eigenvalue weighted by molar-refractivity contribution is -0.112. The van der Waals surface area contributed by atoms with Crippen LogP contribution in [0.25, 0.3) is 0 Å². The van der Waals surface area contributed by atoms with Crippen molar-refractivity contribution in [1.29, 1.82) is 0 Å². The Morgan fingerprint density at radius 3 is 1.85 bits per heavy atom. The molecular formula is C21H41O5P. The van der Waals surface area contributed by atoms with Crippen molar-refractivity contribution < 1.29 is 24.7 Å². The van der Waals surface area contributed by atoms with Crippen molar-refractivity contribution >= 4 is 13.3 Å². The highest BCUT2D eigenvalue weighted by Gasteiger charge is 2.26. The lowest BCUT2D eigenvalue weighted by Gasteiger charge is -2.14. The second-order valence-electron chi connectivity index (χ2n) is 7.32. The first-order valence-corrected chi connectivity index (χ1v) is 12.2. The molecule has 0 bridgehead atoms. The number of hydrogen-bond donors (Lipinski definition) is 3. The highest BCUT2D eigenvalue weighted by molar-refractivity contribution is 7.64. The van der Waals surface area contributed by atoms with E-state index in [0.717, 1.165) is 32.1 Å². The summed E-state index contributed by atoms with van der Waals surface area (Å²) in [4.78, 5) is 11.7. The second-order valence-corrected chi connectivity index (χ2v) is 9.19. The molecule has 0 heterocycles. The number of hydrogen-bond acceptors (Lipinski definition) is 5. The first-order chi connectivity index (χ1) is 13.0. The Morgan fingerprint density at radius 2 is 1.33 bits per heavy atom. The summed E-state index contributed by atoms with van der Waals surface area (Å²) in [5, 5.41) is 27.4. The quantitative estimate of drug-likeness (QED) is 0.164. The highest BCUT2D eigenvalue weighted by Crippen LogP contribution is 2.31. The minimum Gasteiger partial charge on any atom is -0.394 e. The number of rotatable bonds is 19. The molecular weight excluding hydrogens is 363 g/mol. The molecule has 0 aromatic carbocycles. The molecule has 3 N–H and O–H groups in total. The summed E-state index contributed by atoms with van der Waals surface area (Å²) in [6, 6.07) is 0. The van der Waals surface area contributed by atoms with Gasteiger partial charge in [-0.2, -0.15) is 0 Å². The fourth-order valence-corrected chi connectivity index (χ4v) is 4.13. The van der Waals surface area contributed by atoms with E-state index in [0.29, 0.717) is 6.42 Å². The Labute approximate surface area is 166 Å². The minimum atomic E-state index is -2.93. The SMILES string of the molecule is CCCCCCCC/C=C/CCCCCCCC(=O)[PH](=O)C(O)C(O)CO. The standard InChI is InChI=1S/C21H41O5P/c1-2-3-4-5-6-7-8-9-10-11-12-13-14-15-16-17-20(24)27(26)21(25)19(23)18-22/h9-10,19,21-23,25,27H,2-8,11-18H2,1H3/b10-9+. The zero-order chi connectivity index (χ0) is 20.3. The van der Waals surface area contributed by atoms with Gasteiger partial charge in [0, 0.05) is 6.42 Å². The summed E-state index contributed by atoms with van der Waals surface area (Å²) in [7, 11) is -2.93. The first kappa shape index (κ1) is 26.5. The number of aliphatic hydroxyl groups excluding tert-OH is 3. The van der Waals surface area contributed by atoms with Gasteiger partial charge in [-0.25, -0.2) is 0 Å². The molecule has 0 aliphatic heterocycles. The monoisotopic (exact) mass is 404 g/mol. The molecule has 160 valence electrons. The molecule has 0 aliphatic rings. The molecule has 0 saturated heterocycles. The Balaban J connectivity index is 3.48. The van der Waals surface area contributed by atoms with E-state index in [9.17, 15) is 19.6 Å². The van der Waals surface area contributed by atoms with Crippen LogP contribution >= 0.6 is 7.80 Å². The summed E-state index contributed by atoms with van der Waals surface area (Å²) in [5.41, 5.74) is -0.488. The normalized spacial score (nSPS) is 15.1. The highest BCUT2D eigenvalue weighted by atomic mass is 31.1. The van der Waals surface area contributed by atoms with E-state index in [1.807, 2.05) is 0 Å². The molecule has 3 atom stereocenters. The van der Waals surface area contributed by atoms with Gasteiger partial charge in [-0.15, -0.1) is 0 Å². The van der Waals surface area contributed by atoms with Crippen LogP contribution in [0.15, 0.2) is 12.2 Å². The van der Waals surface area contributed by atoms with Gasteiger partial charge in [0.25, 0.3) is 0 Å². The molecule has 6 heteroatoms. The van der Waals surface area contributed by atoms with Crippen molar-refractivity contribution in [2.24, 2.45) is 0 Å². The smallest absolute Gasteiger partial charge is 0.191 e. The van der Waals surface area contributed by atoms with Gasteiger partial charge in [-0.3, -0.25) is 4.79 Å². The lowest BCUT2D eigenvalue weighted by atomic mass is 10.1. The van der Waals surface area contributed by atoms with Gasteiger partial charge in [0.05, 0.1) is 6.61 Å². The van der Waals surface area contributed by atoms with E-state index in [2.05, 4.69) is 19.1 Å². The largest absolute Gasteiger partial charge is 0.394 e. The predicted molar refractivity (Wildman–Crippen MR) is 113 cm³/mol. The number of aliphatic hydroxyl groups is 3. The van der Waals surface area contributed by atoms with Gasteiger partial charge in [0.1, 0.15) is 11.9 Å². The molecule has 0 fully saturated rings. The Bertz CT molecular complexity index is 411. The van der Waals surface area contributed by atoms with Crippen molar-refractivity contribution in [3.8, 4) is 0 Å². The molecule has 0 aromatic heterocycles. The summed E-state index contributed by atoms with van der Waals surface area (Å²) >= 11 is 0. The second kappa shape index (κ2) is 18.9. The van der Waals surface area contributed by atoms with E-state index >= 15 is 0 Å². The van der Waals surface area contributed by atoms with Gasteiger partial charge < -0.3 is 19.9 Å². The third kappa shape index (κ3) is 15.2. The van der Waals surface area contributed by atoms with Crippen molar-refractivity contribution in [2.45, 2.75) is 109 Å². The molecule has 0 aliphatic carbocycles. The van der Waals surface area contributed by atoms with Gasteiger partial charge in [0.2, 0.25) is 0 Å². The van der Waals surface area contributed by atoms with Crippen LogP contribution in [0, 0.1) is 0 Å². The van der Waals surface area contributed by atoms with Crippen LogP contribution < -0.4 is 0 Å². The van der Waals surface area contributed by atoms with Crippen LogP contribution in [-0.2, 0) is 9.36 Å². The molecule has 0 spiro atoms. The summed E-state index contributed by atoms with van der Waals surface area (Å²) in [5.74, 6) is -1.63.